The van der Waals surface area contributed by atoms with Crippen molar-refractivity contribution in [2.75, 3.05) is 69.6 Å². The molecule has 1 aromatic carbocycles. The van der Waals surface area contributed by atoms with Crippen molar-refractivity contribution in [2.45, 2.75) is 52.2 Å². The summed E-state index contributed by atoms with van der Waals surface area (Å²) in [4.78, 5) is 55.6. The average Bonchev–Trinajstić information content (AvgIpc) is 3.30. The summed E-state index contributed by atoms with van der Waals surface area (Å²) in [6.07, 6.45) is 1.57. The molecule has 3 N–H and O–H groups in total. The van der Waals surface area contributed by atoms with Gasteiger partial charge in [-0.15, -0.1) is 0 Å². The number of ether oxygens (including phenoxy) is 1. The van der Waals surface area contributed by atoms with Gasteiger partial charge in [0.1, 0.15) is 11.4 Å². The quantitative estimate of drug-likeness (QED) is 0.281. The van der Waals surface area contributed by atoms with E-state index in [1.165, 1.54) is 0 Å². The van der Waals surface area contributed by atoms with Crippen molar-refractivity contribution in [2.24, 2.45) is 15.7 Å². The maximum atomic E-state index is 12.6. The van der Waals surface area contributed by atoms with Crippen molar-refractivity contribution in [1.29, 1.82) is 0 Å². The summed E-state index contributed by atoms with van der Waals surface area (Å²) < 4.78 is 5.50. The molecule has 3 aliphatic rings. The molecule has 3 heterocycles. The van der Waals surface area contributed by atoms with Gasteiger partial charge in [-0.1, -0.05) is 0 Å². The van der Waals surface area contributed by atoms with E-state index in [0.29, 0.717) is 44.2 Å². The van der Waals surface area contributed by atoms with E-state index >= 15 is 0 Å². The van der Waals surface area contributed by atoms with Gasteiger partial charge in [-0.25, -0.2) is 14.6 Å². The molecule has 1 atom stereocenters. The number of aliphatic imine (C=N–C) groups is 2. The third-order valence-corrected chi connectivity index (χ3v) is 7.86. The van der Waals surface area contributed by atoms with Gasteiger partial charge in [0.05, 0.1) is 6.04 Å². The van der Waals surface area contributed by atoms with Crippen LogP contribution in [-0.4, -0.2) is 121 Å². The third kappa shape index (κ3) is 7.96. The topological polar surface area (TPSA) is 139 Å². The van der Waals surface area contributed by atoms with Crippen molar-refractivity contribution in [1.82, 2.24) is 19.6 Å². The molecule has 13 nitrogen and oxygen atoms in total. The van der Waals surface area contributed by atoms with E-state index in [4.69, 9.17) is 15.5 Å². The van der Waals surface area contributed by atoms with E-state index in [1.54, 1.807) is 9.80 Å². The number of likely N-dealkylation sites (N-methyl/N-ethyl adjacent to an activating group) is 1. The highest BCUT2D eigenvalue weighted by atomic mass is 16.6. The zero-order chi connectivity index (χ0) is 31.3. The Morgan fingerprint density at radius 1 is 1.02 bits per heavy atom. The number of hydrogen-bond acceptors (Lipinski definition) is 8. The second-order valence-electron chi connectivity index (χ2n) is 12.1. The number of carbonyl (C=O) groups is 3. The first kappa shape index (κ1) is 31.6. The Bertz CT molecular complexity index is 1260. The Morgan fingerprint density at radius 2 is 1.70 bits per heavy atom. The molecule has 4 amide bonds. The molecule has 0 spiro atoms. The highest BCUT2D eigenvalue weighted by Crippen LogP contribution is 2.24. The minimum absolute atomic E-state index is 0.0592. The van der Waals surface area contributed by atoms with Gasteiger partial charge in [-0.2, -0.15) is 0 Å². The largest absolute Gasteiger partial charge is 0.444 e. The predicted octanol–water partition coefficient (Wildman–Crippen LogP) is 2.76. The maximum Gasteiger partial charge on any atom is 0.410 e. The molecule has 3 saturated heterocycles. The second kappa shape index (κ2) is 13.3. The zero-order valence-electron chi connectivity index (χ0n) is 26.0. The maximum absolute atomic E-state index is 12.6. The smallest absolute Gasteiger partial charge is 0.410 e. The standard InChI is InChI=1S/C30H45N9O4/c1-21(38-13-7-8-24(20-38)39-19-14-35(6)28(39)41)33-27(25(32-5)26(31)40)34-22-9-11-23(12-10-22)36-15-17-37(18-16-36)29(42)43-30(2,3)4/h9-12,24,34H,5,7-8,13-20H2,1-4,6H3,(H2,31,40)/b27-25+,33-21+/t24-/m1/s1. The minimum atomic E-state index is -0.740. The van der Waals surface area contributed by atoms with E-state index < -0.39 is 11.5 Å². The monoisotopic (exact) mass is 595 g/mol. The van der Waals surface area contributed by atoms with Gasteiger partial charge in [-0.3, -0.25) is 9.79 Å². The summed E-state index contributed by atoms with van der Waals surface area (Å²) in [5.74, 6) is 0.155. The first-order chi connectivity index (χ1) is 20.4. The number of anilines is 2. The molecule has 0 saturated carbocycles. The number of benzene rings is 1. The van der Waals surface area contributed by atoms with Crippen molar-refractivity contribution in [3.05, 3.63) is 35.8 Å². The predicted molar refractivity (Wildman–Crippen MR) is 168 cm³/mol. The lowest BCUT2D eigenvalue weighted by Crippen LogP contribution is -2.50. The van der Waals surface area contributed by atoms with Gasteiger partial charge in [0.25, 0.3) is 5.91 Å². The number of hydrogen-bond donors (Lipinski definition) is 2. The SMILES string of the molecule is C=N/C(C(N)=O)=C(\N=C(/C)N1CCC[C@@H](N2CCN(C)C2=O)C1)Nc1ccc(N2CCN(C(=O)OC(C)(C)C)CC2)cc1. The molecule has 0 radical (unpaired) electrons. The highest BCUT2D eigenvalue weighted by Gasteiger charge is 2.34. The normalized spacial score (nSPS) is 20.7. The fourth-order valence-electron chi connectivity index (χ4n) is 5.52. The minimum Gasteiger partial charge on any atom is -0.444 e. The van der Waals surface area contributed by atoms with Crippen LogP contribution < -0.4 is 16.0 Å². The Kier molecular flexibility index (Phi) is 9.82. The number of nitrogens with two attached hydrogens (primary N) is 1. The highest BCUT2D eigenvalue weighted by molar-refractivity contribution is 5.94. The number of rotatable bonds is 7. The van der Waals surface area contributed by atoms with Crippen molar-refractivity contribution >= 4 is 42.0 Å². The van der Waals surface area contributed by atoms with E-state index in [-0.39, 0.29) is 29.7 Å². The Hall–Kier alpha value is -4.29. The van der Waals surface area contributed by atoms with E-state index in [0.717, 1.165) is 38.2 Å². The summed E-state index contributed by atoms with van der Waals surface area (Å²) in [5.41, 5.74) is 6.76. The number of piperidine rings is 1. The van der Waals surface area contributed by atoms with Gasteiger partial charge in [0, 0.05) is 70.8 Å². The fraction of sp³-hybridized carbons (Fsp3) is 0.567. The van der Waals surface area contributed by atoms with Gasteiger partial charge < -0.3 is 40.3 Å². The number of nitrogens with one attached hydrogen (secondary N) is 1. The lowest BCUT2D eigenvalue weighted by Gasteiger charge is -2.38. The average molecular weight is 596 g/mol. The first-order valence-corrected chi connectivity index (χ1v) is 14.8. The van der Waals surface area contributed by atoms with Crippen LogP contribution in [0.4, 0.5) is 21.0 Å². The van der Waals surface area contributed by atoms with E-state index in [9.17, 15) is 14.4 Å². The molecule has 0 bridgehead atoms. The summed E-state index contributed by atoms with van der Waals surface area (Å²) in [5, 5.41) is 3.21. The number of urea groups is 1. The van der Waals surface area contributed by atoms with Crippen molar-refractivity contribution in [3.8, 4) is 0 Å². The molecule has 3 aliphatic heterocycles. The van der Waals surface area contributed by atoms with Gasteiger partial charge in [0.2, 0.25) is 0 Å². The summed E-state index contributed by atoms with van der Waals surface area (Å²) in [7, 11) is 1.82. The van der Waals surface area contributed by atoms with Crippen molar-refractivity contribution < 1.29 is 19.1 Å². The van der Waals surface area contributed by atoms with Gasteiger partial charge in [-0.05, 0) is 71.5 Å². The van der Waals surface area contributed by atoms with Crippen LogP contribution in [0.2, 0.25) is 0 Å². The fourth-order valence-corrected chi connectivity index (χ4v) is 5.52. The van der Waals surface area contributed by atoms with Crippen molar-refractivity contribution in [3.63, 3.8) is 0 Å². The number of primary amides is 1. The van der Waals surface area contributed by atoms with Crippen LogP contribution in [0.15, 0.2) is 45.8 Å². The number of amides is 4. The molecular weight excluding hydrogens is 550 g/mol. The summed E-state index contributed by atoms with van der Waals surface area (Å²) in [6.45, 7) is 16.4. The van der Waals surface area contributed by atoms with Crippen LogP contribution in [0.25, 0.3) is 0 Å². The molecule has 4 rings (SSSR count). The van der Waals surface area contributed by atoms with Crippen LogP contribution in [-0.2, 0) is 9.53 Å². The second-order valence-corrected chi connectivity index (χ2v) is 12.1. The van der Waals surface area contributed by atoms with Crippen LogP contribution in [0.1, 0.15) is 40.5 Å². The van der Waals surface area contributed by atoms with E-state index in [2.05, 4.69) is 26.8 Å². The lowest BCUT2D eigenvalue weighted by atomic mass is 10.0. The lowest BCUT2D eigenvalue weighted by molar-refractivity contribution is -0.114. The number of carbonyl (C=O) groups excluding carboxylic acids is 3. The Balaban J connectivity index is 1.43. The number of nitrogens with zero attached hydrogens (tertiary/aromatic N) is 7. The van der Waals surface area contributed by atoms with E-state index in [1.807, 2.05) is 63.9 Å². The molecule has 234 valence electrons. The molecule has 0 aromatic heterocycles. The number of likely N-dealkylation sites (tertiary alicyclic amines) is 1. The summed E-state index contributed by atoms with van der Waals surface area (Å²) in [6, 6.07) is 7.91. The molecule has 13 heteroatoms. The number of piperazine rings is 1. The molecule has 0 unspecified atom stereocenters. The van der Waals surface area contributed by atoms with Gasteiger partial charge in [0.15, 0.2) is 11.5 Å². The Labute approximate surface area is 254 Å². The molecule has 0 aliphatic carbocycles. The summed E-state index contributed by atoms with van der Waals surface area (Å²) >= 11 is 0. The number of amidine groups is 1. The zero-order valence-corrected chi connectivity index (χ0v) is 26.0. The van der Waals surface area contributed by atoms with Gasteiger partial charge >= 0.3 is 12.1 Å². The van der Waals surface area contributed by atoms with Crippen LogP contribution >= 0.6 is 0 Å². The molecular formula is C30H45N9O4. The van der Waals surface area contributed by atoms with Crippen LogP contribution in [0.5, 0.6) is 0 Å². The molecule has 3 fully saturated rings. The van der Waals surface area contributed by atoms with Crippen LogP contribution in [0, 0.1) is 0 Å². The Morgan fingerprint density at radius 3 is 2.26 bits per heavy atom. The molecule has 43 heavy (non-hydrogen) atoms. The van der Waals surface area contributed by atoms with Crippen LogP contribution in [0.3, 0.4) is 0 Å². The first-order valence-electron chi connectivity index (χ1n) is 14.8. The third-order valence-electron chi connectivity index (χ3n) is 7.86. The molecule has 1 aromatic rings.